The highest BCUT2D eigenvalue weighted by atomic mass is 32.2. The van der Waals surface area contributed by atoms with Crippen LogP contribution >= 0.6 is 11.8 Å². The Morgan fingerprint density at radius 2 is 1.78 bits per heavy atom. The average molecular weight is 502 g/mol. The molecular formula is C28H31N5O2S. The number of nitrogens with one attached hydrogen (secondary N) is 2. The summed E-state index contributed by atoms with van der Waals surface area (Å²) >= 11 is 1.35. The number of carbonyl (C=O) groups excluding carboxylic acids is 1. The molecule has 4 rings (SSSR count). The lowest BCUT2D eigenvalue weighted by Gasteiger charge is -2.12. The van der Waals surface area contributed by atoms with E-state index >= 15 is 0 Å². The van der Waals surface area contributed by atoms with E-state index in [1.54, 1.807) is 0 Å². The smallest absolute Gasteiger partial charge is 0.234 e. The van der Waals surface area contributed by atoms with Gasteiger partial charge in [-0.3, -0.25) is 9.36 Å². The Hall–Kier alpha value is -3.78. The molecule has 0 aliphatic rings. The zero-order chi connectivity index (χ0) is 25.2. The number of benzene rings is 3. The van der Waals surface area contributed by atoms with E-state index in [-0.39, 0.29) is 11.7 Å². The van der Waals surface area contributed by atoms with Crippen molar-refractivity contribution in [3.63, 3.8) is 0 Å². The number of anilines is 2. The van der Waals surface area contributed by atoms with Crippen LogP contribution in [0.5, 0.6) is 5.75 Å². The molecule has 0 fully saturated rings. The molecule has 0 aliphatic heterocycles. The average Bonchev–Trinajstić information content (AvgIpc) is 3.31. The molecule has 0 unspecified atom stereocenters. The van der Waals surface area contributed by atoms with E-state index in [1.807, 2.05) is 71.3 Å². The highest BCUT2D eigenvalue weighted by molar-refractivity contribution is 7.99. The van der Waals surface area contributed by atoms with Crippen LogP contribution in [-0.4, -0.2) is 33.0 Å². The maximum atomic E-state index is 12.7. The maximum absolute atomic E-state index is 12.7. The first-order valence-corrected chi connectivity index (χ1v) is 13.1. The highest BCUT2D eigenvalue weighted by Crippen LogP contribution is 2.24. The van der Waals surface area contributed by atoms with Crippen molar-refractivity contribution in [3.8, 4) is 11.4 Å². The van der Waals surface area contributed by atoms with E-state index in [0.29, 0.717) is 24.0 Å². The molecule has 0 saturated carbocycles. The second kappa shape index (κ2) is 12.8. The van der Waals surface area contributed by atoms with Crippen LogP contribution in [0.2, 0.25) is 0 Å². The van der Waals surface area contributed by atoms with E-state index in [2.05, 4.69) is 46.8 Å². The molecular weight excluding hydrogens is 470 g/mol. The van der Waals surface area contributed by atoms with Gasteiger partial charge in [-0.15, -0.1) is 10.2 Å². The number of carbonyl (C=O) groups is 1. The maximum Gasteiger partial charge on any atom is 0.234 e. The number of ether oxygens (including phenoxy) is 1. The van der Waals surface area contributed by atoms with Crippen LogP contribution in [0.3, 0.4) is 0 Å². The van der Waals surface area contributed by atoms with Gasteiger partial charge in [-0.2, -0.15) is 0 Å². The Labute approximate surface area is 216 Å². The zero-order valence-corrected chi connectivity index (χ0v) is 21.4. The van der Waals surface area contributed by atoms with Crippen LogP contribution in [-0.2, 0) is 11.3 Å². The molecule has 0 radical (unpaired) electrons. The summed E-state index contributed by atoms with van der Waals surface area (Å²) in [7, 11) is 0. The van der Waals surface area contributed by atoms with Crippen LogP contribution in [0.25, 0.3) is 5.69 Å². The molecule has 186 valence electrons. The summed E-state index contributed by atoms with van der Waals surface area (Å²) in [5.74, 6) is 1.61. The first-order valence-electron chi connectivity index (χ1n) is 12.1. The van der Waals surface area contributed by atoms with Gasteiger partial charge >= 0.3 is 0 Å². The monoisotopic (exact) mass is 501 g/mol. The van der Waals surface area contributed by atoms with Gasteiger partial charge in [0.05, 0.1) is 18.9 Å². The summed E-state index contributed by atoms with van der Waals surface area (Å²) < 4.78 is 7.73. The fraction of sp³-hybridized carbons (Fsp3) is 0.250. The molecule has 1 aromatic heterocycles. The summed E-state index contributed by atoms with van der Waals surface area (Å²) in [4.78, 5) is 12.7. The van der Waals surface area contributed by atoms with Gasteiger partial charge in [0.2, 0.25) is 5.91 Å². The van der Waals surface area contributed by atoms with Crippen LogP contribution < -0.4 is 15.4 Å². The SMILES string of the molecule is CCCCOc1cccc(NC(=O)CSc2nnc(CNc3ccc(C)cc3)n2-c2ccccc2)c1. The molecule has 0 aliphatic carbocycles. The minimum Gasteiger partial charge on any atom is -0.494 e. The van der Waals surface area contributed by atoms with Crippen LogP contribution in [0.1, 0.15) is 31.2 Å². The van der Waals surface area contributed by atoms with E-state index in [4.69, 9.17) is 4.74 Å². The number of para-hydroxylation sites is 1. The quantitative estimate of drug-likeness (QED) is 0.180. The van der Waals surface area contributed by atoms with Crippen molar-refractivity contribution in [1.82, 2.24) is 14.8 Å². The number of rotatable bonds is 12. The molecule has 3 aromatic carbocycles. The molecule has 0 bridgehead atoms. The van der Waals surface area contributed by atoms with Crippen molar-refractivity contribution in [2.75, 3.05) is 23.0 Å². The third-order valence-corrected chi connectivity index (χ3v) is 6.36. The van der Waals surface area contributed by atoms with Gasteiger partial charge < -0.3 is 15.4 Å². The molecule has 36 heavy (non-hydrogen) atoms. The predicted octanol–water partition coefficient (Wildman–Crippen LogP) is 6.10. The fourth-order valence-electron chi connectivity index (χ4n) is 3.52. The molecule has 1 amide bonds. The molecule has 0 saturated heterocycles. The Kier molecular flexibility index (Phi) is 8.99. The van der Waals surface area contributed by atoms with Gasteiger partial charge in [-0.25, -0.2) is 0 Å². The minimum atomic E-state index is -0.118. The number of aromatic nitrogens is 3. The van der Waals surface area contributed by atoms with Gasteiger partial charge in [-0.1, -0.05) is 67.1 Å². The van der Waals surface area contributed by atoms with Crippen molar-refractivity contribution in [2.24, 2.45) is 0 Å². The van der Waals surface area contributed by atoms with Gasteiger partial charge in [0, 0.05) is 23.1 Å². The molecule has 7 nitrogen and oxygen atoms in total. The summed E-state index contributed by atoms with van der Waals surface area (Å²) in [5, 5.41) is 15.8. The predicted molar refractivity (Wildman–Crippen MR) is 146 cm³/mol. The Bertz CT molecular complexity index is 1260. The molecule has 1 heterocycles. The Morgan fingerprint density at radius 1 is 0.972 bits per heavy atom. The lowest BCUT2D eigenvalue weighted by molar-refractivity contribution is -0.113. The van der Waals surface area contributed by atoms with E-state index < -0.39 is 0 Å². The van der Waals surface area contributed by atoms with Crippen LogP contribution in [0, 0.1) is 6.92 Å². The number of thioether (sulfide) groups is 1. The van der Waals surface area contributed by atoms with Gasteiger partial charge in [0.1, 0.15) is 5.75 Å². The number of aryl methyl sites for hydroxylation is 1. The third-order valence-electron chi connectivity index (χ3n) is 5.43. The van der Waals surface area contributed by atoms with E-state index in [9.17, 15) is 4.79 Å². The van der Waals surface area contributed by atoms with Crippen LogP contribution in [0.4, 0.5) is 11.4 Å². The first-order chi connectivity index (χ1) is 17.6. The highest BCUT2D eigenvalue weighted by Gasteiger charge is 2.16. The minimum absolute atomic E-state index is 0.118. The largest absolute Gasteiger partial charge is 0.494 e. The van der Waals surface area contributed by atoms with Gasteiger partial charge in [0.25, 0.3) is 0 Å². The number of hydrogen-bond acceptors (Lipinski definition) is 6. The standard InChI is InChI=1S/C28H31N5O2S/c1-3-4-17-35-25-12-8-9-23(18-25)30-27(34)20-36-28-32-31-26(33(28)24-10-6-5-7-11-24)19-29-22-15-13-21(2)14-16-22/h5-16,18,29H,3-4,17,19-20H2,1-2H3,(H,30,34). The second-order valence-corrected chi connectivity index (χ2v) is 9.30. The molecule has 4 aromatic rings. The molecule has 8 heteroatoms. The van der Waals surface area contributed by atoms with Crippen molar-refractivity contribution in [1.29, 1.82) is 0 Å². The summed E-state index contributed by atoms with van der Waals surface area (Å²) in [6.45, 7) is 5.36. The third kappa shape index (κ3) is 7.11. The molecule has 0 atom stereocenters. The lowest BCUT2D eigenvalue weighted by Crippen LogP contribution is -2.15. The van der Waals surface area contributed by atoms with Crippen LogP contribution in [0.15, 0.2) is 84.0 Å². The Balaban J connectivity index is 1.42. The van der Waals surface area contributed by atoms with Crippen molar-refractivity contribution < 1.29 is 9.53 Å². The molecule has 2 N–H and O–H groups in total. The van der Waals surface area contributed by atoms with E-state index in [0.717, 1.165) is 35.8 Å². The normalized spacial score (nSPS) is 10.7. The summed E-state index contributed by atoms with van der Waals surface area (Å²) in [6, 6.07) is 25.6. The fourth-order valence-corrected chi connectivity index (χ4v) is 4.29. The first kappa shape index (κ1) is 25.3. The van der Waals surface area contributed by atoms with Gasteiger partial charge in [0.15, 0.2) is 11.0 Å². The van der Waals surface area contributed by atoms with Crippen molar-refractivity contribution >= 4 is 29.0 Å². The lowest BCUT2D eigenvalue weighted by atomic mass is 10.2. The summed E-state index contributed by atoms with van der Waals surface area (Å²) in [5.41, 5.74) is 3.88. The Morgan fingerprint density at radius 3 is 2.56 bits per heavy atom. The zero-order valence-electron chi connectivity index (χ0n) is 20.6. The van der Waals surface area contributed by atoms with E-state index in [1.165, 1.54) is 17.3 Å². The molecule has 0 spiro atoms. The topological polar surface area (TPSA) is 81.1 Å². The van der Waals surface area contributed by atoms with Crippen molar-refractivity contribution in [2.45, 2.75) is 38.4 Å². The van der Waals surface area contributed by atoms with Crippen molar-refractivity contribution in [3.05, 3.63) is 90.3 Å². The number of unbranched alkanes of at least 4 members (excludes halogenated alkanes) is 1. The number of hydrogen-bond donors (Lipinski definition) is 2. The second-order valence-electron chi connectivity index (χ2n) is 8.36. The summed E-state index contributed by atoms with van der Waals surface area (Å²) in [6.07, 6.45) is 2.07. The number of nitrogens with zero attached hydrogens (tertiary/aromatic N) is 3. The van der Waals surface area contributed by atoms with Gasteiger partial charge in [-0.05, 0) is 49.7 Å². The number of amides is 1.